The summed E-state index contributed by atoms with van der Waals surface area (Å²) in [5.74, 6) is 0. The molecular weight excluding hydrogens is 726 g/mol. The molecule has 0 bridgehead atoms. The van der Waals surface area contributed by atoms with Crippen molar-refractivity contribution in [3.8, 4) is 0 Å². The molecule has 0 N–H and O–H groups in total. The van der Waals surface area contributed by atoms with Gasteiger partial charge in [0.05, 0.1) is 0 Å². The number of allylic oxidation sites excluding steroid dienone is 1. The summed E-state index contributed by atoms with van der Waals surface area (Å²) < 4.78 is 2.84. The van der Waals surface area contributed by atoms with Crippen LogP contribution in [0.5, 0.6) is 0 Å². The van der Waals surface area contributed by atoms with E-state index >= 15 is 0 Å². The zero-order chi connectivity index (χ0) is 35.6. The molecule has 0 saturated heterocycles. The molecular formula is C42H64Br2P2. The molecule has 0 nitrogen and oxygen atoms in total. The van der Waals surface area contributed by atoms with Gasteiger partial charge in [0.2, 0.25) is 0 Å². The van der Waals surface area contributed by atoms with Crippen molar-refractivity contribution >= 4 is 62.8 Å². The van der Waals surface area contributed by atoms with Crippen LogP contribution in [-0.2, 0) is 32.5 Å². The van der Waals surface area contributed by atoms with E-state index in [4.69, 9.17) is 0 Å². The fraction of sp³-hybridized carbons (Fsp3) is 0.643. The van der Waals surface area contributed by atoms with Gasteiger partial charge in [-0.25, -0.2) is 0 Å². The van der Waals surface area contributed by atoms with E-state index in [0.29, 0.717) is 5.66 Å². The molecule has 2 atom stereocenters. The summed E-state index contributed by atoms with van der Waals surface area (Å²) in [6, 6.07) is 10.2. The molecule has 0 aromatic heterocycles. The van der Waals surface area contributed by atoms with Gasteiger partial charge in [0, 0.05) is 19.4 Å². The summed E-state index contributed by atoms with van der Waals surface area (Å²) in [4.78, 5) is 0. The lowest BCUT2D eigenvalue weighted by molar-refractivity contribution is 0.553. The maximum Gasteiger partial charge on any atom is 0.0309 e. The van der Waals surface area contributed by atoms with Gasteiger partial charge in [-0.1, -0.05) is 179 Å². The Labute approximate surface area is 304 Å². The average Bonchev–Trinajstić information content (AvgIpc) is 2.84. The van der Waals surface area contributed by atoms with Crippen LogP contribution in [0.15, 0.2) is 34.6 Å². The Morgan fingerprint density at radius 2 is 0.935 bits per heavy atom. The minimum Gasteiger partial charge on any atom is -0.0695 e. The highest BCUT2D eigenvalue weighted by Crippen LogP contribution is 2.60. The van der Waals surface area contributed by atoms with E-state index in [1.54, 1.807) is 5.30 Å². The second kappa shape index (κ2) is 13.5. The van der Waals surface area contributed by atoms with Crippen molar-refractivity contribution in [1.82, 2.24) is 0 Å². The molecule has 256 valence electrons. The van der Waals surface area contributed by atoms with Gasteiger partial charge in [-0.15, -0.1) is 0 Å². The molecule has 1 unspecified atom stereocenters. The summed E-state index contributed by atoms with van der Waals surface area (Å²) in [5.41, 5.74) is 9.63. The van der Waals surface area contributed by atoms with Crippen LogP contribution in [0.1, 0.15) is 171 Å². The highest BCUT2D eigenvalue weighted by Gasteiger charge is 2.39. The van der Waals surface area contributed by atoms with E-state index in [2.05, 4.69) is 187 Å². The molecule has 46 heavy (non-hydrogen) atoms. The monoisotopic (exact) mass is 788 g/mol. The smallest absolute Gasteiger partial charge is 0.0309 e. The summed E-state index contributed by atoms with van der Waals surface area (Å²) >= 11 is 8.59. The summed E-state index contributed by atoms with van der Waals surface area (Å²) in [6.07, 6.45) is 4.75. The van der Waals surface area contributed by atoms with Crippen LogP contribution < -0.4 is 10.6 Å². The molecule has 0 fully saturated rings. The van der Waals surface area contributed by atoms with Crippen molar-refractivity contribution in [2.75, 3.05) is 0 Å². The minimum atomic E-state index is -0.659. The first-order chi connectivity index (χ1) is 20.5. The third-order valence-corrected chi connectivity index (χ3v) is 16.3. The molecule has 4 heteroatoms. The lowest BCUT2D eigenvalue weighted by Crippen LogP contribution is -2.35. The molecule has 0 saturated carbocycles. The predicted octanol–water partition coefficient (Wildman–Crippen LogP) is 13.8. The first-order valence-electron chi connectivity index (χ1n) is 17.2. The topological polar surface area (TPSA) is 0 Å². The highest BCUT2D eigenvalue weighted by molar-refractivity contribution is 9.19. The van der Waals surface area contributed by atoms with Gasteiger partial charge in [0.1, 0.15) is 0 Å². The van der Waals surface area contributed by atoms with Crippen LogP contribution in [0.4, 0.5) is 0 Å². The van der Waals surface area contributed by atoms with Crippen molar-refractivity contribution in [3.63, 3.8) is 0 Å². The van der Waals surface area contributed by atoms with Crippen molar-refractivity contribution < 1.29 is 0 Å². The second-order valence-corrected chi connectivity index (χ2v) is 26.1. The van der Waals surface area contributed by atoms with Gasteiger partial charge in [0.25, 0.3) is 0 Å². The van der Waals surface area contributed by atoms with Gasteiger partial charge in [-0.05, 0) is 108 Å². The third kappa shape index (κ3) is 9.09. The molecule has 3 rings (SSSR count). The van der Waals surface area contributed by atoms with Gasteiger partial charge < -0.3 is 0 Å². The Kier molecular flexibility index (Phi) is 11.8. The molecule has 0 amide bonds. The summed E-state index contributed by atoms with van der Waals surface area (Å²) in [7, 11) is 0.653. The average molecular weight is 791 g/mol. The number of halogens is 2. The minimum absolute atomic E-state index is 0.0278. The predicted molar refractivity (Wildman–Crippen MR) is 222 cm³/mol. The maximum atomic E-state index is 4.37. The number of hydrogen-bond donors (Lipinski definition) is 0. The van der Waals surface area contributed by atoms with E-state index in [1.807, 2.05) is 0 Å². The number of hydrogen-bond acceptors (Lipinski definition) is 0. The molecule has 1 aliphatic heterocycles. The standard InChI is InChI=1S/C42H64Br2P2/c1-37(2,3)26-22-28(39(7,8)9)34(29(23-26)40(10,11)12)45-36(44)32-20-19-21-33(43)46(32)35-30(41(13,14)15)24-27(38(4,5)6)25-31(35)42(16,17)18/h21-25,32H,19-20H2,1-18H3/t32-,46?/m0/s1. The van der Waals surface area contributed by atoms with Crippen LogP contribution in [0.3, 0.4) is 0 Å². The molecule has 0 spiro atoms. The Hall–Kier alpha value is -0.260. The Morgan fingerprint density at radius 1 is 0.587 bits per heavy atom. The van der Waals surface area contributed by atoms with E-state index in [0.717, 1.165) is 6.42 Å². The first kappa shape index (κ1) is 40.2. The molecule has 0 radical (unpaired) electrons. The normalized spacial score (nSPS) is 19.4. The molecule has 1 heterocycles. The molecule has 0 aliphatic carbocycles. The third-order valence-electron chi connectivity index (χ3n) is 9.21. The maximum absolute atomic E-state index is 4.37. The molecule has 1 aliphatic rings. The molecule has 2 aromatic rings. The Balaban J connectivity index is 2.45. The van der Waals surface area contributed by atoms with E-state index in [-0.39, 0.29) is 32.5 Å². The van der Waals surface area contributed by atoms with Crippen LogP contribution in [-0.4, -0.2) is 9.86 Å². The van der Waals surface area contributed by atoms with Crippen molar-refractivity contribution in [1.29, 1.82) is 0 Å². The van der Waals surface area contributed by atoms with Crippen molar-refractivity contribution in [2.24, 2.45) is 0 Å². The van der Waals surface area contributed by atoms with Gasteiger partial charge in [-0.3, -0.25) is 0 Å². The lowest BCUT2D eigenvalue weighted by atomic mass is 9.75. The molecule has 2 aromatic carbocycles. The van der Waals surface area contributed by atoms with Crippen LogP contribution >= 0.6 is 48.0 Å². The van der Waals surface area contributed by atoms with Gasteiger partial charge in [0.15, 0.2) is 0 Å². The summed E-state index contributed by atoms with van der Waals surface area (Å²) in [5, 5.41) is 3.09. The first-order valence-corrected chi connectivity index (χ1v) is 21.1. The van der Waals surface area contributed by atoms with E-state index < -0.39 is 7.92 Å². The fourth-order valence-corrected chi connectivity index (χ4v) is 14.2. The largest absolute Gasteiger partial charge is 0.0695 e. The zero-order valence-electron chi connectivity index (χ0n) is 32.5. The van der Waals surface area contributed by atoms with Crippen LogP contribution in [0.2, 0.25) is 0 Å². The SMILES string of the molecule is CC(C)(C)c1cc(C(C)(C)C)c(P=C(Br)[C@@H]2CCC=C(Br)P2c2c(C(C)(C)C)cc(C(C)(C)C)cc2C(C)(C)C)c(C(C)(C)C)c1. The van der Waals surface area contributed by atoms with Gasteiger partial charge in [-0.2, -0.15) is 0 Å². The van der Waals surface area contributed by atoms with Crippen LogP contribution in [0.25, 0.3) is 0 Å². The zero-order valence-corrected chi connectivity index (χ0v) is 37.5. The van der Waals surface area contributed by atoms with Crippen molar-refractivity contribution in [3.05, 3.63) is 67.9 Å². The van der Waals surface area contributed by atoms with Crippen molar-refractivity contribution in [2.45, 2.75) is 176 Å². The Bertz CT molecular complexity index is 1430. The highest BCUT2D eigenvalue weighted by atomic mass is 79.9. The van der Waals surface area contributed by atoms with E-state index in [1.165, 1.54) is 61.7 Å². The lowest BCUT2D eigenvalue weighted by Gasteiger charge is -2.40. The fourth-order valence-electron chi connectivity index (χ4n) is 6.21. The summed E-state index contributed by atoms with van der Waals surface area (Å²) in [6.45, 7) is 43.0. The second-order valence-electron chi connectivity index (χ2n) is 19.8. The number of benzene rings is 2. The van der Waals surface area contributed by atoms with Gasteiger partial charge >= 0.3 is 0 Å². The Morgan fingerprint density at radius 3 is 1.26 bits per heavy atom. The van der Waals surface area contributed by atoms with E-state index in [9.17, 15) is 0 Å². The quantitative estimate of drug-likeness (QED) is 0.272. The van der Waals surface area contributed by atoms with Crippen LogP contribution in [0, 0.1) is 0 Å². The number of rotatable bonds is 3.